The molecule has 0 fully saturated rings. The van der Waals surface area contributed by atoms with Crippen LogP contribution in [0.25, 0.3) is 21.5 Å². The first-order valence-corrected chi connectivity index (χ1v) is 11.5. The number of rotatable bonds is 5. The first-order valence-electron chi connectivity index (χ1n) is 10.7. The summed E-state index contributed by atoms with van der Waals surface area (Å²) < 4.78 is 1.01. The Morgan fingerprint density at radius 3 is 2.45 bits per heavy atom. The molecule has 0 atom stereocenters. The lowest BCUT2D eigenvalue weighted by Gasteiger charge is -2.29. The van der Waals surface area contributed by atoms with Gasteiger partial charge in [-0.25, -0.2) is 0 Å². The third-order valence-electron chi connectivity index (χ3n) is 5.93. The monoisotopic (exact) mass is 499 g/mol. The topological polar surface area (TPSA) is 53.0 Å². The summed E-state index contributed by atoms with van der Waals surface area (Å²) in [6.07, 6.45) is 1.82. The van der Waals surface area contributed by atoms with E-state index in [9.17, 15) is 9.59 Å². The molecular weight excluding hydrogens is 478 g/mol. The molecule has 1 aliphatic rings. The second-order valence-corrected chi connectivity index (χ2v) is 9.32. The molecule has 0 aliphatic carbocycles. The Labute approximate surface area is 200 Å². The molecule has 4 aromatic rings. The van der Waals surface area contributed by atoms with Crippen molar-refractivity contribution >= 4 is 61.2 Å². The van der Waals surface area contributed by atoms with Crippen LogP contribution in [0, 0.1) is 0 Å². The zero-order valence-electron chi connectivity index (χ0n) is 18.4. The molecule has 5 rings (SSSR count). The van der Waals surface area contributed by atoms with E-state index < -0.39 is 0 Å². The van der Waals surface area contributed by atoms with Gasteiger partial charge >= 0.3 is 0 Å². The molecule has 6 heteroatoms. The number of halogens is 1. The quantitative estimate of drug-likeness (QED) is 0.202. The van der Waals surface area contributed by atoms with E-state index in [2.05, 4.69) is 15.9 Å². The van der Waals surface area contributed by atoms with Crippen LogP contribution in [0.4, 0.5) is 5.69 Å². The lowest BCUT2D eigenvalue weighted by atomic mass is 9.89. The SMILES string of the molecule is CN(C)CCN1C(=O)c2cccc3cc4c(N=Cc5ccc(Br)cc5)cccc4c(c23)C1=O. The molecule has 1 aliphatic heterocycles. The molecule has 33 heavy (non-hydrogen) atoms. The fraction of sp³-hybridized carbons (Fsp3) is 0.148. The summed E-state index contributed by atoms with van der Waals surface area (Å²) in [5.41, 5.74) is 2.92. The normalized spacial score (nSPS) is 13.8. The highest BCUT2D eigenvalue weighted by Crippen LogP contribution is 2.38. The molecule has 164 valence electrons. The van der Waals surface area contributed by atoms with Gasteiger partial charge in [-0.3, -0.25) is 19.5 Å². The number of carbonyl (C=O) groups excluding carboxylic acids is 2. The lowest BCUT2D eigenvalue weighted by molar-refractivity contribution is 0.0602. The number of hydrogen-bond acceptors (Lipinski definition) is 4. The number of benzene rings is 4. The molecular formula is C27H22BrN3O2. The molecule has 0 radical (unpaired) electrons. The second kappa shape index (κ2) is 8.54. The van der Waals surface area contributed by atoms with E-state index in [0.29, 0.717) is 24.2 Å². The summed E-state index contributed by atoms with van der Waals surface area (Å²) in [6, 6.07) is 21.4. The van der Waals surface area contributed by atoms with Crippen LogP contribution in [0.2, 0.25) is 0 Å². The lowest BCUT2D eigenvalue weighted by Crippen LogP contribution is -2.43. The smallest absolute Gasteiger partial charge is 0.262 e. The van der Waals surface area contributed by atoms with Gasteiger partial charge in [-0.1, -0.05) is 52.3 Å². The Hall–Kier alpha value is -3.35. The van der Waals surface area contributed by atoms with Gasteiger partial charge < -0.3 is 4.90 Å². The van der Waals surface area contributed by atoms with Crippen LogP contribution in [-0.2, 0) is 0 Å². The summed E-state index contributed by atoms with van der Waals surface area (Å²) >= 11 is 3.45. The van der Waals surface area contributed by atoms with Crippen molar-refractivity contribution in [3.8, 4) is 0 Å². The zero-order valence-corrected chi connectivity index (χ0v) is 20.0. The van der Waals surface area contributed by atoms with Crippen LogP contribution < -0.4 is 0 Å². The number of amides is 2. The largest absolute Gasteiger partial charge is 0.308 e. The van der Waals surface area contributed by atoms with Crippen molar-refractivity contribution < 1.29 is 9.59 Å². The van der Waals surface area contributed by atoms with Crippen molar-refractivity contribution in [1.82, 2.24) is 9.80 Å². The average molecular weight is 500 g/mol. The minimum atomic E-state index is -0.245. The number of likely N-dealkylation sites (N-methyl/N-ethyl adjacent to an activating group) is 1. The molecule has 0 saturated heterocycles. The molecule has 0 aromatic heterocycles. The first kappa shape index (κ1) is 21.5. The van der Waals surface area contributed by atoms with Gasteiger partial charge in [0.05, 0.1) is 11.3 Å². The Bertz CT molecular complexity index is 1440. The third-order valence-corrected chi connectivity index (χ3v) is 6.46. The van der Waals surface area contributed by atoms with Crippen LogP contribution in [0.15, 0.2) is 76.2 Å². The first-order chi connectivity index (χ1) is 15.9. The number of carbonyl (C=O) groups is 2. The average Bonchev–Trinajstić information content (AvgIpc) is 2.81. The Morgan fingerprint density at radius 2 is 1.70 bits per heavy atom. The number of imide groups is 1. The van der Waals surface area contributed by atoms with Crippen molar-refractivity contribution in [1.29, 1.82) is 0 Å². The molecule has 0 N–H and O–H groups in total. The molecule has 0 spiro atoms. The maximum Gasteiger partial charge on any atom is 0.262 e. The van der Waals surface area contributed by atoms with Crippen molar-refractivity contribution in [3.63, 3.8) is 0 Å². The van der Waals surface area contributed by atoms with Crippen LogP contribution in [0.1, 0.15) is 26.3 Å². The minimum absolute atomic E-state index is 0.233. The van der Waals surface area contributed by atoms with E-state index >= 15 is 0 Å². The van der Waals surface area contributed by atoms with Crippen LogP contribution in [0.3, 0.4) is 0 Å². The third kappa shape index (κ3) is 3.86. The Kier molecular flexibility index (Phi) is 5.56. The van der Waals surface area contributed by atoms with Gasteiger partial charge in [0.15, 0.2) is 0 Å². The Morgan fingerprint density at radius 1 is 0.939 bits per heavy atom. The van der Waals surface area contributed by atoms with Gasteiger partial charge in [0.25, 0.3) is 11.8 Å². The summed E-state index contributed by atoms with van der Waals surface area (Å²) in [4.78, 5) is 34.9. The predicted octanol–water partition coefficient (Wildman–Crippen LogP) is 5.66. The Balaban J connectivity index is 1.69. The van der Waals surface area contributed by atoms with Crippen molar-refractivity contribution in [2.45, 2.75) is 0 Å². The van der Waals surface area contributed by atoms with Gasteiger partial charge in [0, 0.05) is 40.1 Å². The summed E-state index contributed by atoms with van der Waals surface area (Å²) in [5, 5.41) is 3.30. The van der Waals surface area contributed by atoms with Crippen LogP contribution in [-0.4, -0.2) is 55.0 Å². The number of hydrogen-bond donors (Lipinski definition) is 0. The number of aliphatic imine (C=N–C) groups is 1. The van der Waals surface area contributed by atoms with Gasteiger partial charge in [-0.05, 0) is 60.8 Å². The van der Waals surface area contributed by atoms with Crippen LogP contribution in [0.5, 0.6) is 0 Å². The van der Waals surface area contributed by atoms with E-state index in [4.69, 9.17) is 4.99 Å². The molecule has 0 unspecified atom stereocenters. The highest BCUT2D eigenvalue weighted by atomic mass is 79.9. The van der Waals surface area contributed by atoms with Gasteiger partial charge in [-0.2, -0.15) is 0 Å². The maximum atomic E-state index is 13.6. The number of fused-ring (bicyclic) bond motifs is 2. The standard InChI is InChI=1S/C27H22BrN3O2/c1-30(2)13-14-31-26(32)21-7-3-5-18-15-22-20(25(24(18)21)27(31)33)6-4-8-23(22)29-16-17-9-11-19(28)12-10-17/h3-12,15-16H,13-14H2,1-2H3. The summed E-state index contributed by atoms with van der Waals surface area (Å²) in [5.74, 6) is -0.478. The van der Waals surface area contributed by atoms with Crippen molar-refractivity contribution in [2.75, 3.05) is 27.2 Å². The minimum Gasteiger partial charge on any atom is -0.308 e. The van der Waals surface area contributed by atoms with E-state index in [-0.39, 0.29) is 11.8 Å². The fourth-order valence-corrected chi connectivity index (χ4v) is 4.53. The molecule has 0 bridgehead atoms. The fourth-order valence-electron chi connectivity index (χ4n) is 4.26. The van der Waals surface area contributed by atoms with E-state index in [0.717, 1.165) is 37.3 Å². The molecule has 4 aromatic carbocycles. The van der Waals surface area contributed by atoms with Crippen molar-refractivity contribution in [3.05, 3.63) is 87.9 Å². The van der Waals surface area contributed by atoms with Gasteiger partial charge in [-0.15, -0.1) is 0 Å². The molecule has 5 nitrogen and oxygen atoms in total. The summed E-state index contributed by atoms with van der Waals surface area (Å²) in [6.45, 7) is 0.953. The van der Waals surface area contributed by atoms with E-state index in [1.165, 1.54) is 4.90 Å². The van der Waals surface area contributed by atoms with E-state index in [1.54, 1.807) is 0 Å². The molecule has 2 amide bonds. The van der Waals surface area contributed by atoms with Crippen molar-refractivity contribution in [2.24, 2.45) is 4.99 Å². The second-order valence-electron chi connectivity index (χ2n) is 8.40. The predicted molar refractivity (Wildman–Crippen MR) is 137 cm³/mol. The van der Waals surface area contributed by atoms with Crippen LogP contribution >= 0.6 is 15.9 Å². The van der Waals surface area contributed by atoms with E-state index in [1.807, 2.05) is 91.9 Å². The maximum absolute atomic E-state index is 13.6. The van der Waals surface area contributed by atoms with Gasteiger partial charge in [0.2, 0.25) is 0 Å². The molecule has 1 heterocycles. The highest BCUT2D eigenvalue weighted by molar-refractivity contribution is 9.10. The van der Waals surface area contributed by atoms with Gasteiger partial charge in [0.1, 0.15) is 0 Å². The zero-order chi connectivity index (χ0) is 23.1. The number of nitrogens with zero attached hydrogens (tertiary/aromatic N) is 3. The molecule has 0 saturated carbocycles. The highest BCUT2D eigenvalue weighted by Gasteiger charge is 2.34. The summed E-state index contributed by atoms with van der Waals surface area (Å²) in [7, 11) is 3.86.